The minimum absolute atomic E-state index is 0.0201. The maximum absolute atomic E-state index is 10.6. The fraction of sp³-hybridized carbons (Fsp3) is 0.125. The first kappa shape index (κ1) is 9.97. The third kappa shape index (κ3) is 2.19. The number of methoxy groups -OCH3 is 1. The van der Waals surface area contributed by atoms with Crippen molar-refractivity contribution in [1.82, 2.24) is 4.98 Å². The third-order valence-corrected chi connectivity index (χ3v) is 1.47. The van der Waals surface area contributed by atoms with Gasteiger partial charge in [0.25, 0.3) is 0 Å². The Morgan fingerprint density at radius 3 is 2.86 bits per heavy atom. The first-order valence-electron chi connectivity index (χ1n) is 3.64. The van der Waals surface area contributed by atoms with Gasteiger partial charge in [0.15, 0.2) is 0 Å². The molecule has 1 heterocycles. The molecule has 0 spiro atoms. The van der Waals surface area contributed by atoms with E-state index in [9.17, 15) is 4.79 Å². The molecule has 0 saturated heterocycles. The number of hydrogen-bond acceptors (Lipinski definition) is 5. The number of carboxylic acid groups (broad SMARTS) is 1. The molecule has 0 fully saturated rings. The lowest BCUT2D eigenvalue weighted by Crippen LogP contribution is -2.01. The number of nitrogens with zero attached hydrogens (tertiary/aromatic N) is 2. The summed E-state index contributed by atoms with van der Waals surface area (Å²) in [4.78, 5) is 14.5. The van der Waals surface area contributed by atoms with Gasteiger partial charge >= 0.3 is 5.97 Å². The molecule has 74 valence electrons. The van der Waals surface area contributed by atoms with Crippen molar-refractivity contribution >= 4 is 12.2 Å². The number of aromatic nitrogens is 1. The molecule has 0 saturated carbocycles. The third-order valence-electron chi connectivity index (χ3n) is 1.47. The monoisotopic (exact) mass is 196 g/mol. The van der Waals surface area contributed by atoms with E-state index in [-0.39, 0.29) is 17.1 Å². The van der Waals surface area contributed by atoms with Gasteiger partial charge in [-0.15, -0.1) is 0 Å². The van der Waals surface area contributed by atoms with Crippen LogP contribution in [0.25, 0.3) is 0 Å². The van der Waals surface area contributed by atoms with Crippen LogP contribution in [-0.2, 0) is 0 Å². The van der Waals surface area contributed by atoms with E-state index in [0.29, 0.717) is 0 Å². The molecule has 0 bridgehead atoms. The van der Waals surface area contributed by atoms with Crippen molar-refractivity contribution in [3.8, 4) is 5.88 Å². The van der Waals surface area contributed by atoms with Gasteiger partial charge in [0.05, 0.1) is 24.6 Å². The standard InChI is InChI=1S/C8H8N2O4/c1-14-7-3-5(8(11)12)2-6(10-7)4-9-13/h2-4,13H,1H3,(H,11,12). The van der Waals surface area contributed by atoms with E-state index in [1.165, 1.54) is 19.2 Å². The van der Waals surface area contributed by atoms with Gasteiger partial charge in [-0.1, -0.05) is 5.16 Å². The SMILES string of the molecule is COc1cc(C(=O)O)cc(C=NO)n1. The Hall–Kier alpha value is -2.11. The number of aromatic carboxylic acids is 1. The zero-order valence-corrected chi connectivity index (χ0v) is 7.34. The zero-order valence-electron chi connectivity index (χ0n) is 7.34. The van der Waals surface area contributed by atoms with E-state index in [1.54, 1.807) is 0 Å². The van der Waals surface area contributed by atoms with Crippen molar-refractivity contribution in [1.29, 1.82) is 0 Å². The second kappa shape index (κ2) is 4.22. The molecule has 0 amide bonds. The van der Waals surface area contributed by atoms with Gasteiger partial charge in [0, 0.05) is 6.07 Å². The van der Waals surface area contributed by atoms with Crippen molar-refractivity contribution in [3.05, 3.63) is 23.4 Å². The van der Waals surface area contributed by atoms with E-state index < -0.39 is 5.97 Å². The summed E-state index contributed by atoms with van der Waals surface area (Å²) in [6.07, 6.45) is 1.02. The van der Waals surface area contributed by atoms with Crippen molar-refractivity contribution in [3.63, 3.8) is 0 Å². The van der Waals surface area contributed by atoms with Gasteiger partial charge in [0.1, 0.15) is 0 Å². The highest BCUT2D eigenvalue weighted by molar-refractivity contribution is 5.90. The Labute approximate surface area is 79.5 Å². The average molecular weight is 196 g/mol. The van der Waals surface area contributed by atoms with Gasteiger partial charge in [-0.25, -0.2) is 9.78 Å². The maximum Gasteiger partial charge on any atom is 0.335 e. The largest absolute Gasteiger partial charge is 0.481 e. The molecule has 0 unspecified atom stereocenters. The molecular formula is C8H8N2O4. The van der Waals surface area contributed by atoms with Gasteiger partial charge in [-0.3, -0.25) is 0 Å². The van der Waals surface area contributed by atoms with Gasteiger partial charge in [0.2, 0.25) is 5.88 Å². The maximum atomic E-state index is 10.6. The van der Waals surface area contributed by atoms with E-state index in [2.05, 4.69) is 10.1 Å². The summed E-state index contributed by atoms with van der Waals surface area (Å²) in [6, 6.07) is 2.54. The van der Waals surface area contributed by atoms with Crippen LogP contribution in [0.4, 0.5) is 0 Å². The first-order chi connectivity index (χ1) is 6.67. The zero-order chi connectivity index (χ0) is 10.6. The fourth-order valence-corrected chi connectivity index (χ4v) is 0.879. The Morgan fingerprint density at radius 1 is 1.64 bits per heavy atom. The lowest BCUT2D eigenvalue weighted by atomic mass is 10.2. The van der Waals surface area contributed by atoms with Crippen LogP contribution in [0.2, 0.25) is 0 Å². The molecule has 0 aliphatic carbocycles. The van der Waals surface area contributed by atoms with Crippen molar-refractivity contribution < 1.29 is 19.8 Å². The topological polar surface area (TPSA) is 92.0 Å². The molecule has 0 aromatic carbocycles. The van der Waals surface area contributed by atoms with E-state index >= 15 is 0 Å². The van der Waals surface area contributed by atoms with Crippen LogP contribution in [0.1, 0.15) is 16.1 Å². The number of carbonyl (C=O) groups is 1. The summed E-state index contributed by atoms with van der Waals surface area (Å²) in [7, 11) is 1.37. The molecule has 0 aliphatic heterocycles. The highest BCUT2D eigenvalue weighted by Gasteiger charge is 2.07. The van der Waals surface area contributed by atoms with Crippen LogP contribution >= 0.6 is 0 Å². The molecule has 0 aliphatic rings. The second-order valence-corrected chi connectivity index (χ2v) is 2.37. The van der Waals surface area contributed by atoms with Crippen LogP contribution in [0.5, 0.6) is 5.88 Å². The number of rotatable bonds is 3. The molecule has 6 nitrogen and oxygen atoms in total. The van der Waals surface area contributed by atoms with E-state index in [4.69, 9.17) is 15.1 Å². The molecule has 1 aromatic rings. The highest BCUT2D eigenvalue weighted by Crippen LogP contribution is 2.11. The Kier molecular flexibility index (Phi) is 3.01. The first-order valence-corrected chi connectivity index (χ1v) is 3.64. The minimum Gasteiger partial charge on any atom is -0.481 e. The Balaban J connectivity index is 3.19. The number of carboxylic acids is 1. The molecule has 14 heavy (non-hydrogen) atoms. The highest BCUT2D eigenvalue weighted by atomic mass is 16.5. The predicted octanol–water partition coefficient (Wildman–Crippen LogP) is 0.597. The Morgan fingerprint density at radius 2 is 2.36 bits per heavy atom. The quantitative estimate of drug-likeness (QED) is 0.419. The van der Waals surface area contributed by atoms with Gasteiger partial charge < -0.3 is 15.1 Å². The number of hydrogen-bond donors (Lipinski definition) is 2. The summed E-state index contributed by atoms with van der Waals surface area (Å²) in [5.41, 5.74) is 0.232. The van der Waals surface area contributed by atoms with Crippen molar-refractivity contribution in [2.24, 2.45) is 5.16 Å². The van der Waals surface area contributed by atoms with Crippen molar-refractivity contribution in [2.75, 3.05) is 7.11 Å². The van der Waals surface area contributed by atoms with Crippen LogP contribution in [0.3, 0.4) is 0 Å². The molecule has 6 heteroatoms. The molecule has 1 aromatic heterocycles. The van der Waals surface area contributed by atoms with Crippen LogP contribution < -0.4 is 4.74 Å². The average Bonchev–Trinajstić information content (AvgIpc) is 2.17. The lowest BCUT2D eigenvalue weighted by Gasteiger charge is -2.01. The van der Waals surface area contributed by atoms with Crippen LogP contribution in [0.15, 0.2) is 17.3 Å². The molecule has 2 N–H and O–H groups in total. The fourth-order valence-electron chi connectivity index (χ4n) is 0.879. The summed E-state index contributed by atoms with van der Waals surface area (Å²) in [5.74, 6) is -0.946. The number of ether oxygens (including phenoxy) is 1. The number of pyridine rings is 1. The Bertz CT molecular complexity index is 376. The summed E-state index contributed by atoms with van der Waals surface area (Å²) < 4.78 is 4.77. The smallest absolute Gasteiger partial charge is 0.335 e. The minimum atomic E-state index is -1.10. The van der Waals surface area contributed by atoms with Gasteiger partial charge in [-0.05, 0) is 6.07 Å². The molecule has 1 rings (SSSR count). The van der Waals surface area contributed by atoms with E-state index in [0.717, 1.165) is 6.21 Å². The molecule has 0 radical (unpaired) electrons. The number of oxime groups is 1. The lowest BCUT2D eigenvalue weighted by molar-refractivity contribution is 0.0696. The summed E-state index contributed by atoms with van der Waals surface area (Å²) in [6.45, 7) is 0. The second-order valence-electron chi connectivity index (χ2n) is 2.37. The molecular weight excluding hydrogens is 188 g/mol. The van der Waals surface area contributed by atoms with Crippen molar-refractivity contribution in [2.45, 2.75) is 0 Å². The van der Waals surface area contributed by atoms with Gasteiger partial charge in [-0.2, -0.15) is 0 Å². The normalized spacial score (nSPS) is 10.4. The molecule has 0 atom stereocenters. The summed E-state index contributed by atoms with van der Waals surface area (Å²) >= 11 is 0. The van der Waals surface area contributed by atoms with E-state index in [1.807, 2.05) is 0 Å². The van der Waals surface area contributed by atoms with Crippen LogP contribution in [-0.4, -0.2) is 34.6 Å². The predicted molar refractivity (Wildman–Crippen MR) is 47.1 cm³/mol. The summed E-state index contributed by atoms with van der Waals surface area (Å²) in [5, 5.41) is 19.7. The van der Waals surface area contributed by atoms with Crippen LogP contribution in [0, 0.1) is 0 Å².